The van der Waals surface area contributed by atoms with E-state index in [4.69, 9.17) is 22.4 Å². The van der Waals surface area contributed by atoms with E-state index in [0.717, 1.165) is 0 Å². The van der Waals surface area contributed by atoms with Gasteiger partial charge in [-0.1, -0.05) is 29.8 Å². The first kappa shape index (κ1) is 16.7. The highest BCUT2D eigenvalue weighted by Gasteiger charge is 2.19. The number of hydrogen-bond donors (Lipinski definition) is 3. The third-order valence-corrected chi connectivity index (χ3v) is 2.96. The second-order valence-corrected chi connectivity index (χ2v) is 4.67. The molecule has 0 heterocycles. The van der Waals surface area contributed by atoms with Gasteiger partial charge in [0.15, 0.2) is 0 Å². The zero-order valence-electron chi connectivity index (χ0n) is 11.1. The number of halogens is 1. The number of rotatable bonds is 7. The van der Waals surface area contributed by atoms with Crippen LogP contribution < -0.4 is 11.1 Å². The van der Waals surface area contributed by atoms with E-state index in [9.17, 15) is 14.4 Å². The summed E-state index contributed by atoms with van der Waals surface area (Å²) in [4.78, 5) is 33.3. The van der Waals surface area contributed by atoms with E-state index in [1.54, 1.807) is 24.3 Å². The van der Waals surface area contributed by atoms with Crippen LogP contribution in [-0.2, 0) is 14.4 Å². The summed E-state index contributed by atoms with van der Waals surface area (Å²) in [5.41, 5.74) is 5.59. The van der Waals surface area contributed by atoms with Crippen LogP contribution in [0.25, 0.3) is 6.08 Å². The van der Waals surface area contributed by atoms with Crippen LogP contribution in [-0.4, -0.2) is 28.9 Å². The van der Waals surface area contributed by atoms with Crippen molar-refractivity contribution in [3.8, 4) is 0 Å². The molecular weight excluding hydrogens is 296 g/mol. The Hall–Kier alpha value is -2.34. The number of nitrogens with one attached hydrogen (secondary N) is 1. The highest BCUT2D eigenvalue weighted by atomic mass is 35.5. The summed E-state index contributed by atoms with van der Waals surface area (Å²) in [5.74, 6) is -2.44. The Labute approximate surface area is 126 Å². The third-order valence-electron chi connectivity index (χ3n) is 2.61. The second-order valence-electron chi connectivity index (χ2n) is 4.26. The summed E-state index contributed by atoms with van der Waals surface area (Å²) >= 11 is 5.92. The van der Waals surface area contributed by atoms with Crippen molar-refractivity contribution in [1.29, 1.82) is 0 Å². The molecule has 0 radical (unpaired) electrons. The smallest absolute Gasteiger partial charge is 0.326 e. The van der Waals surface area contributed by atoms with Crippen LogP contribution in [0.1, 0.15) is 18.4 Å². The number of carboxylic acids is 1. The Bertz CT molecular complexity index is 572. The molecule has 2 amide bonds. The van der Waals surface area contributed by atoms with Gasteiger partial charge in [-0.15, -0.1) is 0 Å². The number of primary amides is 1. The maximum Gasteiger partial charge on any atom is 0.326 e. The summed E-state index contributed by atoms with van der Waals surface area (Å²) in [6.45, 7) is 0. The molecule has 0 saturated carbocycles. The maximum absolute atomic E-state index is 11.7. The second kappa shape index (κ2) is 8.06. The van der Waals surface area contributed by atoms with Gasteiger partial charge in [-0.25, -0.2) is 4.79 Å². The molecule has 0 aromatic heterocycles. The number of carboxylic acid groups (broad SMARTS) is 1. The fourth-order valence-electron chi connectivity index (χ4n) is 1.54. The molecule has 0 bridgehead atoms. The predicted octanol–water partition coefficient (Wildman–Crippen LogP) is 1.19. The van der Waals surface area contributed by atoms with Crippen molar-refractivity contribution >= 4 is 35.5 Å². The van der Waals surface area contributed by atoms with Crippen LogP contribution in [0.5, 0.6) is 0 Å². The number of carbonyl (C=O) groups excluding carboxylic acids is 2. The molecule has 1 aromatic carbocycles. The van der Waals surface area contributed by atoms with Crippen molar-refractivity contribution < 1.29 is 19.5 Å². The lowest BCUT2D eigenvalue weighted by Crippen LogP contribution is -2.40. The fraction of sp³-hybridized carbons (Fsp3) is 0.214. The molecule has 0 aliphatic carbocycles. The average molecular weight is 311 g/mol. The molecule has 0 unspecified atom stereocenters. The molecule has 1 rings (SSSR count). The van der Waals surface area contributed by atoms with Crippen LogP contribution >= 0.6 is 11.6 Å². The molecule has 21 heavy (non-hydrogen) atoms. The molecule has 1 atom stereocenters. The number of amides is 2. The van der Waals surface area contributed by atoms with Crippen molar-refractivity contribution in [3.05, 3.63) is 40.9 Å². The molecular formula is C14H15ClN2O4. The van der Waals surface area contributed by atoms with Crippen LogP contribution in [0.2, 0.25) is 5.02 Å². The molecule has 7 heteroatoms. The lowest BCUT2D eigenvalue weighted by Gasteiger charge is -2.11. The number of benzene rings is 1. The first-order chi connectivity index (χ1) is 9.90. The Morgan fingerprint density at radius 2 is 2.00 bits per heavy atom. The first-order valence-electron chi connectivity index (χ1n) is 6.14. The predicted molar refractivity (Wildman–Crippen MR) is 78.5 cm³/mol. The van der Waals surface area contributed by atoms with Crippen LogP contribution in [0, 0.1) is 0 Å². The van der Waals surface area contributed by atoms with E-state index >= 15 is 0 Å². The largest absolute Gasteiger partial charge is 0.480 e. The van der Waals surface area contributed by atoms with Gasteiger partial charge in [-0.3, -0.25) is 9.59 Å². The Balaban J connectivity index is 2.64. The van der Waals surface area contributed by atoms with Gasteiger partial charge in [0.25, 0.3) is 0 Å². The van der Waals surface area contributed by atoms with Gasteiger partial charge in [0, 0.05) is 17.5 Å². The lowest BCUT2D eigenvalue weighted by atomic mass is 10.1. The van der Waals surface area contributed by atoms with Crippen LogP contribution in [0.3, 0.4) is 0 Å². The molecule has 112 valence electrons. The molecule has 0 fully saturated rings. The zero-order chi connectivity index (χ0) is 15.8. The monoisotopic (exact) mass is 310 g/mol. The molecule has 4 N–H and O–H groups in total. The number of hydrogen-bond acceptors (Lipinski definition) is 3. The quantitative estimate of drug-likeness (QED) is 0.657. The fourth-order valence-corrected chi connectivity index (χ4v) is 1.74. The highest BCUT2D eigenvalue weighted by molar-refractivity contribution is 6.32. The van der Waals surface area contributed by atoms with E-state index in [1.165, 1.54) is 12.2 Å². The van der Waals surface area contributed by atoms with E-state index < -0.39 is 23.8 Å². The standard InChI is InChI=1S/C14H15ClN2O4/c15-10-4-2-1-3-9(10)5-8-13(19)17-11(14(20)21)6-7-12(16)18/h1-5,8,11H,6-7H2,(H2,16,18)(H,17,19)(H,20,21)/b8-5+/t11-/m0/s1. The molecule has 0 saturated heterocycles. The van der Waals surface area contributed by atoms with E-state index in [1.807, 2.05) is 0 Å². The minimum atomic E-state index is -1.23. The van der Waals surface area contributed by atoms with Gasteiger partial charge >= 0.3 is 5.97 Å². The molecule has 1 aromatic rings. The van der Waals surface area contributed by atoms with Crippen molar-refractivity contribution in [1.82, 2.24) is 5.32 Å². The lowest BCUT2D eigenvalue weighted by molar-refractivity contribution is -0.141. The molecule has 0 spiro atoms. The first-order valence-corrected chi connectivity index (χ1v) is 6.52. The van der Waals surface area contributed by atoms with Crippen molar-refractivity contribution in [2.75, 3.05) is 0 Å². The van der Waals surface area contributed by atoms with Crippen molar-refractivity contribution in [3.63, 3.8) is 0 Å². The minimum absolute atomic E-state index is 0.0592. The normalized spacial score (nSPS) is 12.0. The van der Waals surface area contributed by atoms with Gasteiger partial charge in [-0.05, 0) is 24.1 Å². The van der Waals surface area contributed by atoms with Crippen LogP contribution in [0.15, 0.2) is 30.3 Å². The number of aliphatic carboxylic acids is 1. The summed E-state index contributed by atoms with van der Waals surface area (Å²) in [6.07, 6.45) is 2.48. The third kappa shape index (κ3) is 6.09. The summed E-state index contributed by atoms with van der Waals surface area (Å²) in [7, 11) is 0. The maximum atomic E-state index is 11.7. The summed E-state index contributed by atoms with van der Waals surface area (Å²) in [5, 5.41) is 11.7. The number of carbonyl (C=O) groups is 3. The zero-order valence-corrected chi connectivity index (χ0v) is 11.8. The van der Waals surface area contributed by atoms with E-state index in [-0.39, 0.29) is 12.8 Å². The Morgan fingerprint density at radius 3 is 2.57 bits per heavy atom. The molecule has 0 aliphatic heterocycles. The van der Waals surface area contributed by atoms with Gasteiger partial charge < -0.3 is 16.2 Å². The van der Waals surface area contributed by atoms with Crippen LogP contribution in [0.4, 0.5) is 0 Å². The summed E-state index contributed by atoms with van der Waals surface area (Å²) in [6, 6.07) is 5.74. The number of nitrogens with two attached hydrogens (primary N) is 1. The minimum Gasteiger partial charge on any atom is -0.480 e. The highest BCUT2D eigenvalue weighted by Crippen LogP contribution is 2.16. The van der Waals surface area contributed by atoms with Crippen molar-refractivity contribution in [2.24, 2.45) is 5.73 Å². The van der Waals surface area contributed by atoms with E-state index in [0.29, 0.717) is 10.6 Å². The van der Waals surface area contributed by atoms with Gasteiger partial charge in [-0.2, -0.15) is 0 Å². The van der Waals surface area contributed by atoms with E-state index in [2.05, 4.69) is 5.32 Å². The molecule has 6 nitrogen and oxygen atoms in total. The summed E-state index contributed by atoms with van der Waals surface area (Å²) < 4.78 is 0. The SMILES string of the molecule is NC(=O)CC[C@H](NC(=O)/C=C/c1ccccc1Cl)C(=O)O. The molecule has 0 aliphatic rings. The van der Waals surface area contributed by atoms with Gasteiger partial charge in [0.2, 0.25) is 11.8 Å². The Kier molecular flexibility index (Phi) is 6.42. The average Bonchev–Trinajstić information content (AvgIpc) is 2.42. The van der Waals surface area contributed by atoms with Gasteiger partial charge in [0.05, 0.1) is 0 Å². The van der Waals surface area contributed by atoms with Gasteiger partial charge in [0.1, 0.15) is 6.04 Å². The Morgan fingerprint density at radius 1 is 1.33 bits per heavy atom. The van der Waals surface area contributed by atoms with Crippen molar-refractivity contribution in [2.45, 2.75) is 18.9 Å². The topological polar surface area (TPSA) is 109 Å².